The molecule has 2 atom stereocenters. The van der Waals surface area contributed by atoms with Crippen LogP contribution in [0.25, 0.3) is 0 Å². The van der Waals surface area contributed by atoms with Crippen molar-refractivity contribution >= 4 is 0 Å². The van der Waals surface area contributed by atoms with Crippen molar-refractivity contribution in [3.63, 3.8) is 0 Å². The molecule has 0 amide bonds. The molecule has 90 valence electrons. The summed E-state index contributed by atoms with van der Waals surface area (Å²) in [5, 5.41) is 9.76. The normalized spacial score (nSPS) is 26.8. The van der Waals surface area contributed by atoms with Crippen LogP contribution in [0, 0.1) is 0 Å². The van der Waals surface area contributed by atoms with Crippen LogP contribution in [0.4, 0.5) is 0 Å². The molecule has 3 heteroatoms. The SMILES string of the molecule is CCCC(O)CN1CCN(CC)C(C)C1. The summed E-state index contributed by atoms with van der Waals surface area (Å²) < 4.78 is 0. The van der Waals surface area contributed by atoms with Gasteiger partial charge in [-0.1, -0.05) is 20.3 Å². The fraction of sp³-hybridized carbons (Fsp3) is 1.00. The molecule has 1 heterocycles. The van der Waals surface area contributed by atoms with Crippen LogP contribution in [0.5, 0.6) is 0 Å². The van der Waals surface area contributed by atoms with Crippen molar-refractivity contribution in [3.05, 3.63) is 0 Å². The van der Waals surface area contributed by atoms with Crippen LogP contribution in [0.2, 0.25) is 0 Å². The number of β-amino-alcohol motifs (C(OH)–C–C–N with tert-alkyl or cyclic N) is 1. The Hall–Kier alpha value is -0.120. The van der Waals surface area contributed by atoms with Gasteiger partial charge in [0.25, 0.3) is 0 Å². The molecular formula is C12H26N2O. The number of piperazine rings is 1. The zero-order valence-electron chi connectivity index (χ0n) is 10.4. The predicted octanol–water partition coefficient (Wildman–Crippen LogP) is 1.17. The minimum atomic E-state index is -0.129. The second-order valence-corrected chi connectivity index (χ2v) is 4.68. The number of hydrogen-bond donors (Lipinski definition) is 1. The van der Waals surface area contributed by atoms with Gasteiger partial charge >= 0.3 is 0 Å². The molecule has 0 aromatic carbocycles. The Kier molecular flexibility index (Phi) is 5.58. The van der Waals surface area contributed by atoms with E-state index in [1.807, 2.05) is 0 Å². The van der Waals surface area contributed by atoms with Crippen LogP contribution < -0.4 is 0 Å². The maximum absolute atomic E-state index is 9.76. The molecule has 2 unspecified atom stereocenters. The van der Waals surface area contributed by atoms with Gasteiger partial charge in [0.15, 0.2) is 0 Å². The minimum Gasteiger partial charge on any atom is -0.392 e. The van der Waals surface area contributed by atoms with Crippen molar-refractivity contribution in [2.75, 3.05) is 32.7 Å². The number of hydrogen-bond acceptors (Lipinski definition) is 3. The standard InChI is InChI=1S/C12H26N2O/c1-4-6-12(15)10-13-7-8-14(5-2)11(3)9-13/h11-12,15H,4-10H2,1-3H3. The molecule has 1 aliphatic heterocycles. The molecule has 1 fully saturated rings. The number of aliphatic hydroxyl groups excluding tert-OH is 1. The highest BCUT2D eigenvalue weighted by molar-refractivity contribution is 4.79. The summed E-state index contributed by atoms with van der Waals surface area (Å²) in [7, 11) is 0. The van der Waals surface area contributed by atoms with Crippen molar-refractivity contribution in [1.29, 1.82) is 0 Å². The lowest BCUT2D eigenvalue weighted by atomic mass is 10.1. The predicted molar refractivity (Wildman–Crippen MR) is 64.1 cm³/mol. The van der Waals surface area contributed by atoms with Crippen molar-refractivity contribution in [3.8, 4) is 0 Å². The number of aliphatic hydroxyl groups is 1. The van der Waals surface area contributed by atoms with Gasteiger partial charge in [-0.25, -0.2) is 0 Å². The summed E-state index contributed by atoms with van der Waals surface area (Å²) in [5.41, 5.74) is 0. The molecular weight excluding hydrogens is 188 g/mol. The van der Waals surface area contributed by atoms with Crippen LogP contribution in [-0.4, -0.2) is 59.8 Å². The average molecular weight is 214 g/mol. The van der Waals surface area contributed by atoms with Gasteiger partial charge in [-0.2, -0.15) is 0 Å². The van der Waals surface area contributed by atoms with Crippen molar-refractivity contribution in [2.24, 2.45) is 0 Å². The molecule has 0 spiro atoms. The van der Waals surface area contributed by atoms with Gasteiger partial charge in [0.05, 0.1) is 6.10 Å². The number of rotatable bonds is 5. The van der Waals surface area contributed by atoms with Gasteiger partial charge in [0, 0.05) is 32.2 Å². The van der Waals surface area contributed by atoms with E-state index < -0.39 is 0 Å². The molecule has 0 aromatic rings. The maximum Gasteiger partial charge on any atom is 0.0667 e. The Labute approximate surface area is 94.1 Å². The molecule has 15 heavy (non-hydrogen) atoms. The van der Waals surface area contributed by atoms with Gasteiger partial charge in [-0.3, -0.25) is 9.80 Å². The summed E-state index contributed by atoms with van der Waals surface area (Å²) in [6.45, 7) is 12.0. The summed E-state index contributed by atoms with van der Waals surface area (Å²) in [6, 6.07) is 0.637. The maximum atomic E-state index is 9.76. The molecule has 3 nitrogen and oxygen atoms in total. The quantitative estimate of drug-likeness (QED) is 0.744. The second kappa shape index (κ2) is 6.46. The first kappa shape index (κ1) is 12.9. The van der Waals surface area contributed by atoms with Crippen LogP contribution in [0.15, 0.2) is 0 Å². The summed E-state index contributed by atoms with van der Waals surface area (Å²) in [4.78, 5) is 4.90. The van der Waals surface area contributed by atoms with E-state index in [-0.39, 0.29) is 6.10 Å². The first-order chi connectivity index (χ1) is 7.17. The van der Waals surface area contributed by atoms with Crippen LogP contribution in [0.3, 0.4) is 0 Å². The van der Waals surface area contributed by atoms with Crippen LogP contribution in [-0.2, 0) is 0 Å². The Morgan fingerprint density at radius 3 is 2.60 bits per heavy atom. The van der Waals surface area contributed by atoms with E-state index in [2.05, 4.69) is 30.6 Å². The topological polar surface area (TPSA) is 26.7 Å². The molecule has 1 aliphatic rings. The van der Waals surface area contributed by atoms with Gasteiger partial charge in [0.1, 0.15) is 0 Å². The van der Waals surface area contributed by atoms with Gasteiger partial charge in [-0.05, 0) is 19.9 Å². The smallest absolute Gasteiger partial charge is 0.0667 e. The highest BCUT2D eigenvalue weighted by Crippen LogP contribution is 2.10. The molecule has 0 bridgehead atoms. The Morgan fingerprint density at radius 1 is 1.33 bits per heavy atom. The lowest BCUT2D eigenvalue weighted by Gasteiger charge is -2.40. The van der Waals surface area contributed by atoms with Crippen LogP contribution in [0.1, 0.15) is 33.6 Å². The minimum absolute atomic E-state index is 0.129. The molecule has 0 aliphatic carbocycles. The van der Waals surface area contributed by atoms with Crippen molar-refractivity contribution in [2.45, 2.75) is 45.8 Å². The number of nitrogens with zero attached hydrogens (tertiary/aromatic N) is 2. The average Bonchev–Trinajstić information content (AvgIpc) is 2.18. The van der Waals surface area contributed by atoms with E-state index in [1.165, 1.54) is 0 Å². The van der Waals surface area contributed by atoms with Gasteiger partial charge < -0.3 is 5.11 Å². The van der Waals surface area contributed by atoms with E-state index in [0.29, 0.717) is 6.04 Å². The third-order valence-corrected chi connectivity index (χ3v) is 3.35. The lowest BCUT2D eigenvalue weighted by Crippen LogP contribution is -2.53. The van der Waals surface area contributed by atoms with Gasteiger partial charge in [0.2, 0.25) is 0 Å². The Balaban J connectivity index is 2.28. The first-order valence-corrected chi connectivity index (χ1v) is 6.31. The molecule has 1 N–H and O–H groups in total. The zero-order valence-corrected chi connectivity index (χ0v) is 10.4. The summed E-state index contributed by atoms with van der Waals surface area (Å²) in [6.07, 6.45) is 1.88. The Morgan fingerprint density at radius 2 is 2.07 bits per heavy atom. The molecule has 1 rings (SSSR count). The third-order valence-electron chi connectivity index (χ3n) is 3.35. The van der Waals surface area contributed by atoms with E-state index in [1.54, 1.807) is 0 Å². The first-order valence-electron chi connectivity index (χ1n) is 6.31. The second-order valence-electron chi connectivity index (χ2n) is 4.68. The molecule has 0 aromatic heterocycles. The third kappa shape index (κ3) is 4.09. The van der Waals surface area contributed by atoms with E-state index in [9.17, 15) is 5.11 Å². The van der Waals surface area contributed by atoms with Crippen molar-refractivity contribution < 1.29 is 5.11 Å². The molecule has 0 radical (unpaired) electrons. The summed E-state index contributed by atoms with van der Waals surface area (Å²) >= 11 is 0. The highest BCUT2D eigenvalue weighted by atomic mass is 16.3. The molecule has 1 saturated heterocycles. The fourth-order valence-electron chi connectivity index (χ4n) is 2.43. The monoisotopic (exact) mass is 214 g/mol. The highest BCUT2D eigenvalue weighted by Gasteiger charge is 2.23. The van der Waals surface area contributed by atoms with E-state index in [0.717, 1.165) is 45.6 Å². The van der Waals surface area contributed by atoms with E-state index in [4.69, 9.17) is 0 Å². The Bertz CT molecular complexity index is 173. The zero-order chi connectivity index (χ0) is 11.3. The van der Waals surface area contributed by atoms with E-state index >= 15 is 0 Å². The lowest BCUT2D eigenvalue weighted by molar-refractivity contribution is 0.0452. The fourth-order valence-corrected chi connectivity index (χ4v) is 2.43. The molecule has 0 saturated carbocycles. The van der Waals surface area contributed by atoms with Gasteiger partial charge in [-0.15, -0.1) is 0 Å². The summed E-state index contributed by atoms with van der Waals surface area (Å²) in [5.74, 6) is 0. The van der Waals surface area contributed by atoms with Crippen LogP contribution >= 0.6 is 0 Å². The number of likely N-dealkylation sites (N-methyl/N-ethyl adjacent to an activating group) is 1. The van der Waals surface area contributed by atoms with Crippen molar-refractivity contribution in [1.82, 2.24) is 9.80 Å². The largest absolute Gasteiger partial charge is 0.392 e.